The molecular weight excluding hydrogens is 358 g/mol. The number of ether oxygens (including phenoxy) is 1. The Morgan fingerprint density at radius 2 is 1.93 bits per heavy atom. The fourth-order valence-corrected chi connectivity index (χ4v) is 2.10. The normalized spacial score (nSPS) is 11.0. The number of amides is 1. The van der Waals surface area contributed by atoms with Crippen LogP contribution in [0.2, 0.25) is 0 Å². The lowest BCUT2D eigenvalue weighted by Crippen LogP contribution is -2.22. The number of nitrogen functional groups attached to an aromatic ring is 1. The van der Waals surface area contributed by atoms with Crippen LogP contribution in [-0.2, 0) is 4.79 Å². The monoisotopic (exact) mass is 383 g/mol. The van der Waals surface area contributed by atoms with Crippen LogP contribution in [0, 0.1) is 0 Å². The van der Waals surface area contributed by atoms with Gasteiger partial charge in [0.1, 0.15) is 17.2 Å². The third kappa shape index (κ3) is 6.45. The van der Waals surface area contributed by atoms with Crippen molar-refractivity contribution in [1.29, 1.82) is 0 Å². The summed E-state index contributed by atoms with van der Waals surface area (Å²) in [4.78, 5) is 17.4. The van der Waals surface area contributed by atoms with Crippen molar-refractivity contribution in [3.8, 4) is 5.75 Å². The summed E-state index contributed by atoms with van der Waals surface area (Å²) in [5.41, 5.74) is 12.1. The standard InChI is InChI=1S/C19H25N7O2/c1-13(10-11-26(2)3)28-16-7-5-4-6-14(16)24-25-15-8-9-17(23-19(15)21)22-18(27)12-20/h4-9H,1,10-12,20H2,2-3H3,(H3,21,22,23,27). The molecule has 148 valence electrons. The van der Waals surface area contributed by atoms with E-state index in [1.165, 1.54) is 0 Å². The van der Waals surface area contributed by atoms with Gasteiger partial charge < -0.3 is 26.4 Å². The molecule has 5 N–H and O–H groups in total. The molecule has 0 atom stereocenters. The molecule has 1 aromatic heterocycles. The molecule has 2 aromatic rings. The Bertz CT molecular complexity index is 865. The Morgan fingerprint density at radius 1 is 1.21 bits per heavy atom. The van der Waals surface area contributed by atoms with Crippen molar-refractivity contribution in [3.63, 3.8) is 0 Å². The number of aromatic nitrogens is 1. The van der Waals surface area contributed by atoms with Crippen molar-refractivity contribution in [2.75, 3.05) is 38.2 Å². The second-order valence-corrected chi connectivity index (χ2v) is 6.21. The lowest BCUT2D eigenvalue weighted by atomic mass is 10.3. The Hall–Kier alpha value is -3.30. The minimum Gasteiger partial charge on any atom is -0.460 e. The Morgan fingerprint density at radius 3 is 2.61 bits per heavy atom. The minimum atomic E-state index is -0.359. The summed E-state index contributed by atoms with van der Waals surface area (Å²) in [6.45, 7) is 4.63. The number of para-hydroxylation sites is 1. The summed E-state index contributed by atoms with van der Waals surface area (Å²) in [6.07, 6.45) is 0.700. The molecule has 1 amide bonds. The highest BCUT2D eigenvalue weighted by Crippen LogP contribution is 2.31. The summed E-state index contributed by atoms with van der Waals surface area (Å²) in [5.74, 6) is 1.26. The molecule has 0 aliphatic rings. The highest BCUT2D eigenvalue weighted by atomic mass is 16.5. The number of nitrogens with one attached hydrogen (secondary N) is 1. The van der Waals surface area contributed by atoms with E-state index in [-0.39, 0.29) is 18.3 Å². The topological polar surface area (TPSA) is 131 Å². The van der Waals surface area contributed by atoms with Crippen LogP contribution in [0.4, 0.5) is 23.0 Å². The number of rotatable bonds is 9. The molecule has 0 aliphatic heterocycles. The van der Waals surface area contributed by atoms with Gasteiger partial charge in [-0.05, 0) is 38.4 Å². The van der Waals surface area contributed by atoms with Gasteiger partial charge in [0.15, 0.2) is 11.6 Å². The van der Waals surface area contributed by atoms with Crippen LogP contribution in [-0.4, -0.2) is 43.0 Å². The zero-order valence-electron chi connectivity index (χ0n) is 16.1. The lowest BCUT2D eigenvalue weighted by Gasteiger charge is -2.13. The number of azo groups is 1. The Balaban J connectivity index is 2.12. The van der Waals surface area contributed by atoms with Gasteiger partial charge in [-0.3, -0.25) is 4.79 Å². The fourth-order valence-electron chi connectivity index (χ4n) is 2.10. The van der Waals surface area contributed by atoms with E-state index in [1.807, 2.05) is 26.2 Å². The lowest BCUT2D eigenvalue weighted by molar-refractivity contribution is -0.114. The molecule has 0 radical (unpaired) electrons. The maximum Gasteiger partial charge on any atom is 0.239 e. The largest absolute Gasteiger partial charge is 0.460 e. The number of carbonyl (C=O) groups excluding carboxylic acids is 1. The third-order valence-corrected chi connectivity index (χ3v) is 3.58. The van der Waals surface area contributed by atoms with E-state index in [0.29, 0.717) is 35.1 Å². The first-order valence-electron chi connectivity index (χ1n) is 8.66. The van der Waals surface area contributed by atoms with E-state index >= 15 is 0 Å². The van der Waals surface area contributed by atoms with E-state index < -0.39 is 0 Å². The van der Waals surface area contributed by atoms with Gasteiger partial charge in [0.05, 0.1) is 12.3 Å². The van der Waals surface area contributed by atoms with Crippen molar-refractivity contribution in [1.82, 2.24) is 9.88 Å². The van der Waals surface area contributed by atoms with Crippen molar-refractivity contribution in [3.05, 3.63) is 48.7 Å². The van der Waals surface area contributed by atoms with Crippen LogP contribution in [0.25, 0.3) is 0 Å². The maximum absolute atomic E-state index is 11.3. The highest BCUT2D eigenvalue weighted by Gasteiger charge is 2.07. The molecule has 0 bridgehead atoms. The third-order valence-electron chi connectivity index (χ3n) is 3.58. The van der Waals surface area contributed by atoms with E-state index in [9.17, 15) is 4.79 Å². The van der Waals surface area contributed by atoms with Crippen LogP contribution < -0.4 is 21.5 Å². The summed E-state index contributed by atoms with van der Waals surface area (Å²) in [7, 11) is 3.97. The number of benzene rings is 1. The molecule has 0 unspecified atom stereocenters. The molecule has 0 aliphatic carbocycles. The average Bonchev–Trinajstić information content (AvgIpc) is 2.66. The second-order valence-electron chi connectivity index (χ2n) is 6.21. The predicted molar refractivity (Wildman–Crippen MR) is 110 cm³/mol. The SMILES string of the molecule is C=C(CCN(C)C)Oc1ccccc1N=Nc1ccc(NC(=O)CN)nc1N. The molecule has 0 saturated carbocycles. The maximum atomic E-state index is 11.3. The Labute approximate surface area is 164 Å². The van der Waals surface area contributed by atoms with Gasteiger partial charge in [0, 0.05) is 13.0 Å². The first-order chi connectivity index (χ1) is 13.4. The van der Waals surface area contributed by atoms with Crippen LogP contribution >= 0.6 is 0 Å². The van der Waals surface area contributed by atoms with Gasteiger partial charge in [-0.1, -0.05) is 18.7 Å². The number of pyridine rings is 1. The number of anilines is 2. The predicted octanol–water partition coefficient (Wildman–Crippen LogP) is 2.82. The molecule has 28 heavy (non-hydrogen) atoms. The quantitative estimate of drug-likeness (QED) is 0.451. The summed E-state index contributed by atoms with van der Waals surface area (Å²) < 4.78 is 5.81. The summed E-state index contributed by atoms with van der Waals surface area (Å²) >= 11 is 0. The first-order valence-corrected chi connectivity index (χ1v) is 8.66. The van der Waals surface area contributed by atoms with Crippen LogP contribution in [0.5, 0.6) is 5.75 Å². The molecule has 9 heteroatoms. The van der Waals surface area contributed by atoms with E-state index in [4.69, 9.17) is 16.2 Å². The van der Waals surface area contributed by atoms with Crippen LogP contribution in [0.15, 0.2) is 59.0 Å². The van der Waals surface area contributed by atoms with Crippen molar-refractivity contribution >= 4 is 28.9 Å². The zero-order chi connectivity index (χ0) is 20.5. The van der Waals surface area contributed by atoms with E-state index in [0.717, 1.165) is 6.54 Å². The van der Waals surface area contributed by atoms with Gasteiger partial charge >= 0.3 is 0 Å². The number of hydrogen-bond acceptors (Lipinski definition) is 8. The average molecular weight is 383 g/mol. The summed E-state index contributed by atoms with van der Waals surface area (Å²) in [5, 5.41) is 10.9. The molecule has 0 fully saturated rings. The van der Waals surface area contributed by atoms with Crippen molar-refractivity contribution < 1.29 is 9.53 Å². The number of carbonyl (C=O) groups is 1. The smallest absolute Gasteiger partial charge is 0.239 e. The van der Waals surface area contributed by atoms with Crippen LogP contribution in [0.1, 0.15) is 6.42 Å². The molecule has 1 aromatic carbocycles. The van der Waals surface area contributed by atoms with Gasteiger partial charge in [-0.2, -0.15) is 0 Å². The Kier molecular flexibility index (Phi) is 7.61. The number of hydrogen-bond donors (Lipinski definition) is 3. The van der Waals surface area contributed by atoms with Crippen molar-refractivity contribution in [2.24, 2.45) is 16.0 Å². The van der Waals surface area contributed by atoms with Crippen LogP contribution in [0.3, 0.4) is 0 Å². The summed E-state index contributed by atoms with van der Waals surface area (Å²) in [6, 6.07) is 10.4. The van der Waals surface area contributed by atoms with E-state index in [1.54, 1.807) is 24.3 Å². The number of nitrogens with zero attached hydrogens (tertiary/aromatic N) is 4. The molecule has 9 nitrogen and oxygen atoms in total. The fraction of sp³-hybridized carbons (Fsp3) is 0.263. The highest BCUT2D eigenvalue weighted by molar-refractivity contribution is 5.91. The van der Waals surface area contributed by atoms with Gasteiger partial charge in [-0.25, -0.2) is 4.98 Å². The van der Waals surface area contributed by atoms with Gasteiger partial charge in [0.25, 0.3) is 0 Å². The second kappa shape index (κ2) is 10.1. The number of nitrogens with two attached hydrogens (primary N) is 2. The van der Waals surface area contributed by atoms with Crippen molar-refractivity contribution in [2.45, 2.75) is 6.42 Å². The van der Waals surface area contributed by atoms with E-state index in [2.05, 4.69) is 32.0 Å². The van der Waals surface area contributed by atoms with Gasteiger partial charge in [-0.15, -0.1) is 10.2 Å². The molecule has 1 heterocycles. The minimum absolute atomic E-state index is 0.132. The first kappa shape index (κ1) is 21.0. The van der Waals surface area contributed by atoms with Gasteiger partial charge in [0.2, 0.25) is 5.91 Å². The molecule has 2 rings (SSSR count). The molecule has 0 spiro atoms. The molecule has 0 saturated heterocycles. The molecular formula is C19H25N7O2. The zero-order valence-corrected chi connectivity index (χ0v) is 16.1.